The van der Waals surface area contributed by atoms with E-state index in [0.29, 0.717) is 11.3 Å². The molecule has 102 valence electrons. The third kappa shape index (κ3) is 5.09. The number of nitriles is 1. The standard InChI is InChI=1S/C15H21N3O/c1-15(2,3)7-10-18(4)14(19)12-6-9-17-13(11-12)5-8-16/h6,9,11H,5,7,10H2,1-4H3. The summed E-state index contributed by atoms with van der Waals surface area (Å²) in [5.74, 6) is -0.0224. The van der Waals surface area contributed by atoms with Crippen LogP contribution in [0.5, 0.6) is 0 Å². The summed E-state index contributed by atoms with van der Waals surface area (Å²) in [5.41, 5.74) is 1.44. The number of hydrogen-bond donors (Lipinski definition) is 0. The van der Waals surface area contributed by atoms with Gasteiger partial charge in [-0.2, -0.15) is 5.26 Å². The molecule has 1 aromatic heterocycles. The zero-order valence-corrected chi connectivity index (χ0v) is 12.1. The average molecular weight is 259 g/mol. The normalized spacial score (nSPS) is 10.9. The molecule has 0 aliphatic carbocycles. The molecule has 0 aliphatic heterocycles. The first-order valence-corrected chi connectivity index (χ1v) is 6.41. The van der Waals surface area contributed by atoms with E-state index < -0.39 is 0 Å². The van der Waals surface area contributed by atoms with Gasteiger partial charge in [0.25, 0.3) is 5.91 Å². The predicted molar refractivity (Wildman–Crippen MR) is 74.6 cm³/mol. The van der Waals surface area contributed by atoms with Gasteiger partial charge in [-0.25, -0.2) is 0 Å². The van der Waals surface area contributed by atoms with E-state index in [1.807, 2.05) is 6.07 Å². The maximum Gasteiger partial charge on any atom is 0.253 e. The number of carbonyl (C=O) groups is 1. The van der Waals surface area contributed by atoms with Crippen LogP contribution in [0.4, 0.5) is 0 Å². The summed E-state index contributed by atoms with van der Waals surface area (Å²) < 4.78 is 0. The number of carbonyl (C=O) groups excluding carboxylic acids is 1. The molecule has 0 aromatic carbocycles. The smallest absolute Gasteiger partial charge is 0.253 e. The number of pyridine rings is 1. The molecule has 1 amide bonds. The maximum atomic E-state index is 12.2. The van der Waals surface area contributed by atoms with E-state index in [1.165, 1.54) is 0 Å². The Morgan fingerprint density at radius 3 is 2.74 bits per heavy atom. The van der Waals surface area contributed by atoms with E-state index in [1.54, 1.807) is 30.3 Å². The summed E-state index contributed by atoms with van der Waals surface area (Å²) in [4.78, 5) is 18.0. The van der Waals surface area contributed by atoms with Gasteiger partial charge in [0.1, 0.15) is 0 Å². The van der Waals surface area contributed by atoms with Gasteiger partial charge in [-0.1, -0.05) is 20.8 Å². The predicted octanol–water partition coefficient (Wildman–Crippen LogP) is 2.66. The largest absolute Gasteiger partial charge is 0.342 e. The summed E-state index contributed by atoms with van der Waals surface area (Å²) in [7, 11) is 1.80. The zero-order valence-electron chi connectivity index (χ0n) is 12.1. The fraction of sp³-hybridized carbons (Fsp3) is 0.533. The van der Waals surface area contributed by atoms with Crippen molar-refractivity contribution in [2.75, 3.05) is 13.6 Å². The molecule has 0 N–H and O–H groups in total. The number of nitrogens with zero attached hydrogens (tertiary/aromatic N) is 3. The minimum absolute atomic E-state index is 0.0224. The van der Waals surface area contributed by atoms with Crippen LogP contribution >= 0.6 is 0 Å². The van der Waals surface area contributed by atoms with Gasteiger partial charge in [-0.3, -0.25) is 9.78 Å². The minimum Gasteiger partial charge on any atom is -0.342 e. The lowest BCUT2D eigenvalue weighted by molar-refractivity contribution is 0.0780. The van der Waals surface area contributed by atoms with Crippen molar-refractivity contribution in [3.8, 4) is 6.07 Å². The van der Waals surface area contributed by atoms with Gasteiger partial charge in [0.15, 0.2) is 0 Å². The second-order valence-electron chi connectivity index (χ2n) is 5.91. The number of amides is 1. The summed E-state index contributed by atoms with van der Waals surface area (Å²) >= 11 is 0. The Kier molecular flexibility index (Phi) is 5.05. The Hall–Kier alpha value is -1.89. The summed E-state index contributed by atoms with van der Waals surface area (Å²) in [6.07, 6.45) is 2.76. The number of hydrogen-bond acceptors (Lipinski definition) is 3. The highest BCUT2D eigenvalue weighted by atomic mass is 16.2. The molecule has 0 aliphatic rings. The first kappa shape index (κ1) is 15.2. The van der Waals surface area contributed by atoms with Crippen LogP contribution in [0.2, 0.25) is 0 Å². The van der Waals surface area contributed by atoms with Gasteiger partial charge >= 0.3 is 0 Å². The third-order valence-corrected chi connectivity index (χ3v) is 2.87. The highest BCUT2D eigenvalue weighted by molar-refractivity contribution is 5.94. The third-order valence-electron chi connectivity index (χ3n) is 2.87. The number of rotatable bonds is 4. The van der Waals surface area contributed by atoms with Crippen LogP contribution in [0.3, 0.4) is 0 Å². The fourth-order valence-electron chi connectivity index (χ4n) is 1.61. The Balaban J connectivity index is 2.71. The lowest BCUT2D eigenvalue weighted by atomic mass is 9.92. The van der Waals surface area contributed by atoms with Gasteiger partial charge in [-0.05, 0) is 24.0 Å². The van der Waals surface area contributed by atoms with Gasteiger partial charge in [0.05, 0.1) is 18.2 Å². The molecule has 0 spiro atoms. The SMILES string of the molecule is CN(CCC(C)(C)C)C(=O)c1ccnc(CC#N)c1. The van der Waals surface area contributed by atoms with Crippen molar-refractivity contribution in [2.45, 2.75) is 33.6 Å². The molecule has 0 radical (unpaired) electrons. The van der Waals surface area contributed by atoms with Crippen molar-refractivity contribution in [3.63, 3.8) is 0 Å². The van der Waals surface area contributed by atoms with E-state index in [-0.39, 0.29) is 17.7 Å². The second-order valence-corrected chi connectivity index (χ2v) is 5.91. The molecule has 0 atom stereocenters. The highest BCUT2D eigenvalue weighted by Gasteiger charge is 2.16. The monoisotopic (exact) mass is 259 g/mol. The molecule has 1 aromatic rings. The van der Waals surface area contributed by atoms with Gasteiger partial charge < -0.3 is 4.90 Å². The van der Waals surface area contributed by atoms with E-state index in [0.717, 1.165) is 13.0 Å². The van der Waals surface area contributed by atoms with Crippen molar-refractivity contribution < 1.29 is 4.79 Å². The fourth-order valence-corrected chi connectivity index (χ4v) is 1.61. The van der Waals surface area contributed by atoms with Crippen LogP contribution in [0.25, 0.3) is 0 Å². The summed E-state index contributed by atoms with van der Waals surface area (Å²) in [5, 5.41) is 8.65. The molecular formula is C15H21N3O. The molecule has 1 heterocycles. The van der Waals surface area contributed by atoms with E-state index in [9.17, 15) is 4.79 Å². The number of aromatic nitrogens is 1. The van der Waals surface area contributed by atoms with Crippen LogP contribution in [0.1, 0.15) is 43.2 Å². The van der Waals surface area contributed by atoms with Crippen molar-refractivity contribution >= 4 is 5.91 Å². The molecule has 0 saturated carbocycles. The zero-order chi connectivity index (χ0) is 14.5. The van der Waals surface area contributed by atoms with E-state index in [2.05, 4.69) is 25.8 Å². The second kappa shape index (κ2) is 6.33. The summed E-state index contributed by atoms with van der Waals surface area (Å²) in [6.45, 7) is 7.19. The Morgan fingerprint density at radius 1 is 1.47 bits per heavy atom. The Morgan fingerprint density at radius 2 is 2.16 bits per heavy atom. The van der Waals surface area contributed by atoms with Crippen LogP contribution < -0.4 is 0 Å². The van der Waals surface area contributed by atoms with Crippen LogP contribution in [-0.4, -0.2) is 29.4 Å². The van der Waals surface area contributed by atoms with Crippen LogP contribution in [0, 0.1) is 16.7 Å². The van der Waals surface area contributed by atoms with Crippen molar-refractivity contribution in [3.05, 3.63) is 29.6 Å². The summed E-state index contributed by atoms with van der Waals surface area (Å²) in [6, 6.07) is 5.42. The van der Waals surface area contributed by atoms with E-state index >= 15 is 0 Å². The van der Waals surface area contributed by atoms with Gasteiger partial charge in [0, 0.05) is 25.4 Å². The van der Waals surface area contributed by atoms with Gasteiger partial charge in [0.2, 0.25) is 0 Å². The van der Waals surface area contributed by atoms with Crippen LogP contribution in [0.15, 0.2) is 18.3 Å². The molecular weight excluding hydrogens is 238 g/mol. The quantitative estimate of drug-likeness (QED) is 0.835. The molecule has 4 heteroatoms. The molecule has 4 nitrogen and oxygen atoms in total. The highest BCUT2D eigenvalue weighted by Crippen LogP contribution is 2.19. The first-order chi connectivity index (χ1) is 8.83. The molecule has 0 unspecified atom stereocenters. The first-order valence-electron chi connectivity index (χ1n) is 6.41. The van der Waals surface area contributed by atoms with Gasteiger partial charge in [-0.15, -0.1) is 0 Å². The molecule has 19 heavy (non-hydrogen) atoms. The molecule has 1 rings (SSSR count). The Bertz CT molecular complexity index is 483. The van der Waals surface area contributed by atoms with Crippen LogP contribution in [-0.2, 0) is 6.42 Å². The minimum atomic E-state index is -0.0224. The van der Waals surface area contributed by atoms with Crippen molar-refractivity contribution in [2.24, 2.45) is 5.41 Å². The molecule has 0 saturated heterocycles. The lowest BCUT2D eigenvalue weighted by Gasteiger charge is -2.23. The topological polar surface area (TPSA) is 57.0 Å². The van der Waals surface area contributed by atoms with E-state index in [4.69, 9.17) is 5.26 Å². The molecule has 0 fully saturated rings. The molecule has 0 bridgehead atoms. The lowest BCUT2D eigenvalue weighted by Crippen LogP contribution is -2.30. The van der Waals surface area contributed by atoms with Crippen molar-refractivity contribution in [1.29, 1.82) is 5.26 Å². The average Bonchev–Trinajstić information content (AvgIpc) is 2.35. The Labute approximate surface area is 115 Å². The maximum absolute atomic E-state index is 12.2. The van der Waals surface area contributed by atoms with Crippen molar-refractivity contribution in [1.82, 2.24) is 9.88 Å².